The number of nitrogens with two attached hydrogens (primary N) is 1. The highest BCUT2D eigenvalue weighted by atomic mass is 35.5. The summed E-state index contributed by atoms with van der Waals surface area (Å²) in [5, 5.41) is 3.34. The number of hydrogen-bond donors (Lipinski definition) is 2. The maximum Gasteiger partial charge on any atom is 0.255 e. The van der Waals surface area contributed by atoms with Crippen LogP contribution in [0, 0.1) is 0 Å². The summed E-state index contributed by atoms with van der Waals surface area (Å²) in [6.07, 6.45) is 0.186. The fraction of sp³-hybridized carbons (Fsp3) is 0.0667. The van der Waals surface area contributed by atoms with Gasteiger partial charge in [-0.25, -0.2) is 0 Å². The first-order valence-electron chi connectivity index (χ1n) is 5.99. The van der Waals surface area contributed by atoms with E-state index < -0.39 is 0 Å². The molecule has 0 spiro atoms. The Balaban J connectivity index is 2.04. The zero-order valence-corrected chi connectivity index (χ0v) is 11.4. The smallest absolute Gasteiger partial charge is 0.255 e. The molecule has 0 atom stereocenters. The highest BCUT2D eigenvalue weighted by Gasteiger charge is 2.06. The van der Waals surface area contributed by atoms with Crippen LogP contribution in [0.4, 0.5) is 5.69 Å². The maximum atomic E-state index is 12.0. The first-order valence-corrected chi connectivity index (χ1v) is 6.36. The summed E-state index contributed by atoms with van der Waals surface area (Å²) in [5.74, 6) is -0.604. The number of amides is 2. The highest BCUT2D eigenvalue weighted by Crippen LogP contribution is 2.13. The van der Waals surface area contributed by atoms with Gasteiger partial charge in [0.2, 0.25) is 5.91 Å². The lowest BCUT2D eigenvalue weighted by Gasteiger charge is -2.06. The van der Waals surface area contributed by atoms with E-state index in [1.165, 1.54) is 0 Å². The van der Waals surface area contributed by atoms with E-state index in [1.807, 2.05) is 0 Å². The van der Waals surface area contributed by atoms with E-state index >= 15 is 0 Å². The lowest BCUT2D eigenvalue weighted by Crippen LogP contribution is -2.14. The minimum Gasteiger partial charge on any atom is -0.369 e. The van der Waals surface area contributed by atoms with E-state index in [1.54, 1.807) is 48.5 Å². The molecule has 0 saturated heterocycles. The van der Waals surface area contributed by atoms with E-state index in [0.717, 1.165) is 5.56 Å². The zero-order chi connectivity index (χ0) is 14.5. The van der Waals surface area contributed by atoms with Crippen molar-refractivity contribution in [2.75, 3.05) is 5.32 Å². The minimum atomic E-state index is -0.386. The molecule has 0 heterocycles. The van der Waals surface area contributed by atoms with Crippen LogP contribution < -0.4 is 11.1 Å². The Morgan fingerprint density at radius 3 is 2.15 bits per heavy atom. The molecule has 0 aromatic heterocycles. The van der Waals surface area contributed by atoms with Gasteiger partial charge in [0.25, 0.3) is 5.91 Å². The second-order valence-electron chi connectivity index (χ2n) is 4.30. The normalized spacial score (nSPS) is 10.1. The Labute approximate surface area is 121 Å². The fourth-order valence-electron chi connectivity index (χ4n) is 1.71. The van der Waals surface area contributed by atoms with Gasteiger partial charge in [0.1, 0.15) is 0 Å². The van der Waals surface area contributed by atoms with Crippen molar-refractivity contribution in [1.82, 2.24) is 0 Å². The van der Waals surface area contributed by atoms with Crippen LogP contribution in [0.3, 0.4) is 0 Å². The Morgan fingerprint density at radius 2 is 1.60 bits per heavy atom. The molecule has 20 heavy (non-hydrogen) atoms. The van der Waals surface area contributed by atoms with Crippen molar-refractivity contribution in [3.05, 3.63) is 64.7 Å². The Morgan fingerprint density at radius 1 is 1.00 bits per heavy atom. The van der Waals surface area contributed by atoms with Crippen LogP contribution in [0.5, 0.6) is 0 Å². The van der Waals surface area contributed by atoms with Crippen molar-refractivity contribution in [2.24, 2.45) is 5.73 Å². The van der Waals surface area contributed by atoms with E-state index in [9.17, 15) is 9.59 Å². The first-order chi connectivity index (χ1) is 9.54. The van der Waals surface area contributed by atoms with Gasteiger partial charge < -0.3 is 11.1 Å². The molecule has 5 heteroatoms. The second-order valence-corrected chi connectivity index (χ2v) is 4.74. The van der Waals surface area contributed by atoms with Crippen molar-refractivity contribution in [3.8, 4) is 0 Å². The molecule has 2 aromatic rings. The van der Waals surface area contributed by atoms with Crippen molar-refractivity contribution >= 4 is 29.1 Å². The number of rotatable bonds is 4. The molecule has 0 unspecified atom stereocenters. The molecule has 4 nitrogen and oxygen atoms in total. The lowest BCUT2D eigenvalue weighted by atomic mass is 10.1. The van der Waals surface area contributed by atoms with Crippen molar-refractivity contribution in [2.45, 2.75) is 6.42 Å². The summed E-state index contributed by atoms with van der Waals surface area (Å²) in [4.78, 5) is 22.7. The van der Waals surface area contributed by atoms with Crippen molar-refractivity contribution in [3.63, 3.8) is 0 Å². The molecule has 0 bridgehead atoms. The molecule has 0 saturated carbocycles. The summed E-state index contributed by atoms with van der Waals surface area (Å²) in [5.41, 5.74) is 7.09. The van der Waals surface area contributed by atoms with Gasteiger partial charge in [0.05, 0.1) is 6.42 Å². The van der Waals surface area contributed by atoms with Crippen LogP contribution in [-0.2, 0) is 11.2 Å². The summed E-state index contributed by atoms with van der Waals surface area (Å²) in [7, 11) is 0. The van der Waals surface area contributed by atoms with E-state index in [0.29, 0.717) is 16.3 Å². The van der Waals surface area contributed by atoms with Gasteiger partial charge in [-0.3, -0.25) is 9.59 Å². The van der Waals surface area contributed by atoms with Gasteiger partial charge in [-0.1, -0.05) is 23.7 Å². The third-order valence-electron chi connectivity index (χ3n) is 2.70. The third kappa shape index (κ3) is 3.83. The number of carbonyl (C=O) groups is 2. The fourth-order valence-corrected chi connectivity index (χ4v) is 1.84. The molecule has 0 fully saturated rings. The van der Waals surface area contributed by atoms with E-state index in [2.05, 4.69) is 5.32 Å². The van der Waals surface area contributed by atoms with Crippen LogP contribution in [0.15, 0.2) is 48.5 Å². The lowest BCUT2D eigenvalue weighted by molar-refractivity contribution is -0.117. The van der Waals surface area contributed by atoms with Crippen LogP contribution in [0.25, 0.3) is 0 Å². The van der Waals surface area contributed by atoms with Gasteiger partial charge in [0.15, 0.2) is 0 Å². The predicted octanol–water partition coefficient (Wildman–Crippen LogP) is 2.62. The molecule has 2 rings (SSSR count). The molecule has 0 aliphatic carbocycles. The van der Waals surface area contributed by atoms with Gasteiger partial charge in [-0.15, -0.1) is 0 Å². The topological polar surface area (TPSA) is 72.2 Å². The van der Waals surface area contributed by atoms with Crippen LogP contribution in [0.2, 0.25) is 5.02 Å². The summed E-state index contributed by atoms with van der Waals surface area (Å²) in [6, 6.07) is 13.6. The number of halogens is 1. The quantitative estimate of drug-likeness (QED) is 0.908. The number of primary amides is 1. The first kappa shape index (κ1) is 14.1. The SMILES string of the molecule is NC(=O)Cc1ccc(NC(=O)c2ccc(Cl)cc2)cc1. The van der Waals surface area contributed by atoms with Gasteiger partial charge >= 0.3 is 0 Å². The molecule has 3 N–H and O–H groups in total. The maximum absolute atomic E-state index is 12.0. The molecule has 0 aliphatic rings. The summed E-state index contributed by atoms with van der Waals surface area (Å²) < 4.78 is 0. The molecule has 2 amide bonds. The summed E-state index contributed by atoms with van der Waals surface area (Å²) >= 11 is 5.77. The van der Waals surface area contributed by atoms with Crippen LogP contribution in [0.1, 0.15) is 15.9 Å². The molecular formula is C15H13ClN2O2. The predicted molar refractivity (Wildman–Crippen MR) is 78.7 cm³/mol. The van der Waals surface area contributed by atoms with E-state index in [-0.39, 0.29) is 18.2 Å². The monoisotopic (exact) mass is 288 g/mol. The Kier molecular flexibility index (Phi) is 4.38. The number of hydrogen-bond acceptors (Lipinski definition) is 2. The number of benzene rings is 2. The summed E-state index contributed by atoms with van der Waals surface area (Å²) in [6.45, 7) is 0. The standard InChI is InChI=1S/C15H13ClN2O2/c16-12-5-3-11(4-6-12)15(20)18-13-7-1-10(2-8-13)9-14(17)19/h1-8H,9H2,(H2,17,19)(H,18,20). The van der Waals surface area contributed by atoms with Crippen molar-refractivity contribution in [1.29, 1.82) is 0 Å². The second kappa shape index (κ2) is 6.21. The average molecular weight is 289 g/mol. The molecule has 102 valence electrons. The van der Waals surface area contributed by atoms with Crippen LogP contribution in [-0.4, -0.2) is 11.8 Å². The van der Waals surface area contributed by atoms with Gasteiger partial charge in [-0.2, -0.15) is 0 Å². The van der Waals surface area contributed by atoms with Crippen molar-refractivity contribution < 1.29 is 9.59 Å². The Hall–Kier alpha value is -2.33. The molecule has 0 radical (unpaired) electrons. The molecule has 2 aromatic carbocycles. The number of anilines is 1. The number of carbonyl (C=O) groups excluding carboxylic acids is 2. The number of nitrogens with one attached hydrogen (secondary N) is 1. The van der Waals surface area contributed by atoms with Gasteiger partial charge in [-0.05, 0) is 42.0 Å². The Bertz CT molecular complexity index is 621. The molecule has 0 aliphatic heterocycles. The van der Waals surface area contributed by atoms with Crippen LogP contribution >= 0.6 is 11.6 Å². The van der Waals surface area contributed by atoms with E-state index in [4.69, 9.17) is 17.3 Å². The third-order valence-corrected chi connectivity index (χ3v) is 2.95. The minimum absolute atomic E-state index is 0.186. The zero-order valence-electron chi connectivity index (χ0n) is 10.6. The highest BCUT2D eigenvalue weighted by molar-refractivity contribution is 6.30. The molecular weight excluding hydrogens is 276 g/mol. The largest absolute Gasteiger partial charge is 0.369 e. The average Bonchev–Trinajstić information content (AvgIpc) is 2.41. The van der Waals surface area contributed by atoms with Gasteiger partial charge in [0, 0.05) is 16.3 Å².